The molecular weight excluding hydrogens is 312 g/mol. The summed E-state index contributed by atoms with van der Waals surface area (Å²) in [6, 6.07) is 13.7. The van der Waals surface area contributed by atoms with E-state index in [2.05, 4.69) is 17.7 Å². The number of rotatable bonds is 6. The number of hydrogen-bond acceptors (Lipinski definition) is 4. The van der Waals surface area contributed by atoms with Gasteiger partial charge in [-0.25, -0.2) is 5.01 Å². The molecule has 6 heteroatoms. The zero-order valence-corrected chi connectivity index (χ0v) is 13.6. The molecule has 2 rings (SSSR count). The molecule has 23 heavy (non-hydrogen) atoms. The molecule has 2 aromatic carbocycles. The lowest BCUT2D eigenvalue weighted by molar-refractivity contribution is -0.145. The van der Waals surface area contributed by atoms with Gasteiger partial charge in [0.2, 0.25) is 5.91 Å². The fraction of sp³-hybridized carbons (Fsp3) is 0.235. The Kier molecular flexibility index (Phi) is 5.76. The molecule has 0 spiro atoms. The molecule has 0 aromatic heterocycles. The molecule has 5 nitrogen and oxygen atoms in total. The summed E-state index contributed by atoms with van der Waals surface area (Å²) in [4.78, 5) is 23.1. The molecule has 1 unspecified atom stereocenters. The molecule has 2 aromatic rings. The lowest BCUT2D eigenvalue weighted by Gasteiger charge is -2.18. The summed E-state index contributed by atoms with van der Waals surface area (Å²) in [6.45, 7) is 1.22. The average Bonchev–Trinajstić information content (AvgIpc) is 2.56. The maximum atomic E-state index is 12.1. The van der Waals surface area contributed by atoms with E-state index in [0.717, 1.165) is 21.3 Å². The number of thiol groups is 1. The number of nitrogens with zero attached hydrogens (tertiary/aromatic N) is 2. The van der Waals surface area contributed by atoms with Crippen molar-refractivity contribution in [1.29, 1.82) is 0 Å². The number of hydrazone groups is 1. The number of amides is 1. The first-order chi connectivity index (χ1) is 11.0. The average molecular weight is 330 g/mol. The Bertz CT molecular complexity index is 745. The number of carboxylic acids is 1. The van der Waals surface area contributed by atoms with Crippen molar-refractivity contribution in [2.24, 2.45) is 11.0 Å². The van der Waals surface area contributed by atoms with Crippen LogP contribution in [0.25, 0.3) is 10.8 Å². The van der Waals surface area contributed by atoms with Crippen LogP contribution >= 0.6 is 12.6 Å². The second-order valence-electron chi connectivity index (χ2n) is 5.22. The second-order valence-corrected chi connectivity index (χ2v) is 5.59. The number of carbonyl (C=O) groups excluding carboxylic acids is 1. The van der Waals surface area contributed by atoms with Gasteiger partial charge in [0, 0.05) is 11.7 Å². The van der Waals surface area contributed by atoms with Crippen LogP contribution in [0.5, 0.6) is 0 Å². The normalized spacial score (nSPS) is 12.4. The van der Waals surface area contributed by atoms with E-state index in [4.69, 9.17) is 5.11 Å². The Morgan fingerprint density at radius 2 is 1.96 bits per heavy atom. The minimum atomic E-state index is -1.11. The summed E-state index contributed by atoms with van der Waals surface area (Å²) in [5.41, 5.74) is 0.797. The van der Waals surface area contributed by atoms with Crippen LogP contribution in [0.2, 0.25) is 0 Å². The van der Waals surface area contributed by atoms with Gasteiger partial charge >= 0.3 is 5.97 Å². The zero-order chi connectivity index (χ0) is 16.8. The number of carboxylic acid groups (broad SMARTS) is 1. The van der Waals surface area contributed by atoms with Gasteiger partial charge in [0.1, 0.15) is 6.54 Å². The molecule has 120 valence electrons. The molecule has 0 radical (unpaired) electrons. The number of fused-ring (bicyclic) bond motifs is 1. The van der Waals surface area contributed by atoms with Gasteiger partial charge in [-0.15, -0.1) is 0 Å². The fourth-order valence-electron chi connectivity index (χ4n) is 2.06. The van der Waals surface area contributed by atoms with Crippen LogP contribution in [0.3, 0.4) is 0 Å². The van der Waals surface area contributed by atoms with E-state index in [9.17, 15) is 9.59 Å². The first-order valence-electron chi connectivity index (χ1n) is 7.18. The fourth-order valence-corrected chi connectivity index (χ4v) is 2.22. The lowest BCUT2D eigenvalue weighted by Crippen LogP contribution is -2.35. The van der Waals surface area contributed by atoms with Gasteiger partial charge in [-0.1, -0.05) is 43.3 Å². The molecule has 1 amide bonds. The molecule has 0 fully saturated rings. The Balaban J connectivity index is 2.23. The summed E-state index contributed by atoms with van der Waals surface area (Å²) in [5.74, 6) is -1.54. The summed E-state index contributed by atoms with van der Waals surface area (Å²) >= 11 is 4.07. The van der Waals surface area contributed by atoms with E-state index in [1.165, 1.54) is 6.21 Å². The van der Waals surface area contributed by atoms with Crippen molar-refractivity contribution >= 4 is 41.5 Å². The molecule has 0 aliphatic heterocycles. The van der Waals surface area contributed by atoms with Crippen molar-refractivity contribution in [1.82, 2.24) is 5.01 Å². The number of hydrogen-bond donors (Lipinski definition) is 2. The van der Waals surface area contributed by atoms with Gasteiger partial charge in [-0.2, -0.15) is 17.7 Å². The third kappa shape index (κ3) is 4.56. The van der Waals surface area contributed by atoms with Crippen molar-refractivity contribution in [3.05, 3.63) is 48.0 Å². The first kappa shape index (κ1) is 17.0. The van der Waals surface area contributed by atoms with Crippen molar-refractivity contribution in [2.45, 2.75) is 6.92 Å². The molecule has 0 saturated carbocycles. The van der Waals surface area contributed by atoms with Crippen LogP contribution in [0.4, 0.5) is 0 Å². The Labute approximate surface area is 140 Å². The van der Waals surface area contributed by atoms with E-state index in [1.54, 1.807) is 6.92 Å². The minimum Gasteiger partial charge on any atom is -0.480 e. The molecular formula is C17H18N2O3S. The summed E-state index contributed by atoms with van der Waals surface area (Å²) < 4.78 is 0. The van der Waals surface area contributed by atoms with E-state index in [1.807, 2.05) is 42.5 Å². The van der Waals surface area contributed by atoms with E-state index in [-0.39, 0.29) is 5.91 Å². The first-order valence-corrected chi connectivity index (χ1v) is 7.81. The molecule has 0 saturated heterocycles. The number of carbonyl (C=O) groups is 2. The van der Waals surface area contributed by atoms with Crippen LogP contribution in [0.1, 0.15) is 12.5 Å². The second kappa shape index (κ2) is 7.78. The molecule has 1 N–H and O–H groups in total. The van der Waals surface area contributed by atoms with Gasteiger partial charge in [0.05, 0.1) is 6.21 Å². The van der Waals surface area contributed by atoms with E-state index < -0.39 is 18.4 Å². The summed E-state index contributed by atoms with van der Waals surface area (Å²) in [7, 11) is 0. The van der Waals surface area contributed by atoms with Gasteiger partial charge < -0.3 is 5.11 Å². The van der Waals surface area contributed by atoms with E-state index in [0.29, 0.717) is 5.75 Å². The van der Waals surface area contributed by atoms with Crippen molar-refractivity contribution < 1.29 is 14.7 Å². The zero-order valence-electron chi connectivity index (χ0n) is 12.7. The molecule has 1 atom stereocenters. The van der Waals surface area contributed by atoms with Gasteiger partial charge in [-0.3, -0.25) is 9.59 Å². The highest BCUT2D eigenvalue weighted by molar-refractivity contribution is 7.80. The van der Waals surface area contributed by atoms with Crippen LogP contribution in [-0.2, 0) is 9.59 Å². The molecule has 0 heterocycles. The topological polar surface area (TPSA) is 70.0 Å². The number of aliphatic carboxylic acids is 1. The van der Waals surface area contributed by atoms with E-state index >= 15 is 0 Å². The van der Waals surface area contributed by atoms with Crippen LogP contribution < -0.4 is 0 Å². The van der Waals surface area contributed by atoms with Crippen LogP contribution in [0.15, 0.2) is 47.6 Å². The smallest absolute Gasteiger partial charge is 0.325 e. The highest BCUT2D eigenvalue weighted by Gasteiger charge is 2.21. The predicted molar refractivity (Wildman–Crippen MR) is 93.9 cm³/mol. The lowest BCUT2D eigenvalue weighted by atomic mass is 10.1. The van der Waals surface area contributed by atoms with Crippen molar-refractivity contribution in [3.63, 3.8) is 0 Å². The van der Waals surface area contributed by atoms with Crippen molar-refractivity contribution in [3.8, 4) is 0 Å². The largest absolute Gasteiger partial charge is 0.480 e. The Morgan fingerprint density at radius 3 is 2.61 bits per heavy atom. The Morgan fingerprint density at radius 1 is 1.26 bits per heavy atom. The summed E-state index contributed by atoms with van der Waals surface area (Å²) in [6.07, 6.45) is 1.50. The highest BCUT2D eigenvalue weighted by atomic mass is 32.1. The SMILES string of the molecule is CC(CS)C(=O)N(CC(=O)O)N=Cc1ccc2ccccc2c1. The monoisotopic (exact) mass is 330 g/mol. The summed E-state index contributed by atoms with van der Waals surface area (Å²) in [5, 5.41) is 16.1. The number of benzene rings is 2. The standard InChI is InChI=1S/C17H18N2O3S/c1-12(11-23)17(22)19(10-16(20)21)18-9-13-6-7-14-4-2-3-5-15(14)8-13/h2-9,12,23H,10-11H2,1H3,(H,20,21). The van der Waals surface area contributed by atoms with Crippen LogP contribution in [-0.4, -0.2) is 40.5 Å². The maximum absolute atomic E-state index is 12.1. The van der Waals surface area contributed by atoms with Crippen LogP contribution in [0, 0.1) is 5.92 Å². The third-order valence-corrected chi connectivity index (χ3v) is 3.90. The minimum absolute atomic E-state index is 0.334. The quantitative estimate of drug-likeness (QED) is 0.486. The highest BCUT2D eigenvalue weighted by Crippen LogP contribution is 2.15. The van der Waals surface area contributed by atoms with Crippen molar-refractivity contribution in [2.75, 3.05) is 12.3 Å². The molecule has 0 bridgehead atoms. The Hall–Kier alpha value is -2.34. The third-order valence-electron chi connectivity index (χ3n) is 3.35. The van der Waals surface area contributed by atoms with Gasteiger partial charge in [0.15, 0.2) is 0 Å². The molecule has 0 aliphatic carbocycles. The maximum Gasteiger partial charge on any atom is 0.325 e. The van der Waals surface area contributed by atoms with Gasteiger partial charge in [-0.05, 0) is 22.4 Å². The predicted octanol–water partition coefficient (Wildman–Crippen LogP) is 2.65. The molecule has 0 aliphatic rings. The van der Waals surface area contributed by atoms with Gasteiger partial charge in [0.25, 0.3) is 0 Å².